The van der Waals surface area contributed by atoms with Crippen LogP contribution in [0, 0.1) is 0 Å². The zero-order valence-corrected chi connectivity index (χ0v) is 10.4. The van der Waals surface area contributed by atoms with E-state index in [9.17, 15) is 16.8 Å². The van der Waals surface area contributed by atoms with Gasteiger partial charge in [0, 0.05) is 5.69 Å². The summed E-state index contributed by atoms with van der Waals surface area (Å²) in [6.45, 7) is 0. The van der Waals surface area contributed by atoms with Crippen LogP contribution in [0.2, 0.25) is 0 Å². The van der Waals surface area contributed by atoms with Gasteiger partial charge in [0.15, 0.2) is 0 Å². The molecule has 1 rings (SSSR count). The van der Waals surface area contributed by atoms with E-state index in [1.54, 1.807) is 0 Å². The van der Waals surface area contributed by atoms with Crippen LogP contribution in [0.5, 0.6) is 0 Å². The van der Waals surface area contributed by atoms with Crippen molar-refractivity contribution in [2.75, 3.05) is 18.0 Å². The smallest absolute Gasteiger partial charge is 0.240 e. The molecule has 90 valence electrons. The fraction of sp³-hybridized carbons (Fsp3) is 0.250. The molecule has 0 radical (unpaired) electrons. The SMILES string of the molecule is CNS(=O)(=O)c1ccc(NS(C)(=O)=O)cc1. The van der Waals surface area contributed by atoms with Gasteiger partial charge in [0.2, 0.25) is 20.0 Å². The largest absolute Gasteiger partial charge is 0.284 e. The summed E-state index contributed by atoms with van der Waals surface area (Å²) in [6.07, 6.45) is 1.02. The molecule has 6 nitrogen and oxygen atoms in total. The molecule has 0 bridgehead atoms. The Bertz CT molecular complexity index is 561. The Morgan fingerprint density at radius 3 is 1.88 bits per heavy atom. The van der Waals surface area contributed by atoms with E-state index in [1.807, 2.05) is 0 Å². The summed E-state index contributed by atoms with van der Waals surface area (Å²) >= 11 is 0. The van der Waals surface area contributed by atoms with E-state index in [2.05, 4.69) is 9.44 Å². The average Bonchev–Trinajstić information content (AvgIpc) is 2.16. The van der Waals surface area contributed by atoms with Gasteiger partial charge in [-0.25, -0.2) is 21.6 Å². The third kappa shape index (κ3) is 3.47. The predicted molar refractivity (Wildman–Crippen MR) is 61.2 cm³/mol. The third-order valence-electron chi connectivity index (χ3n) is 1.74. The summed E-state index contributed by atoms with van der Waals surface area (Å²) in [5, 5.41) is 0. The van der Waals surface area contributed by atoms with Gasteiger partial charge in [0.05, 0.1) is 11.2 Å². The first-order chi connectivity index (χ1) is 7.24. The molecule has 8 heteroatoms. The predicted octanol–water partition coefficient (Wildman–Crippen LogP) is -0.0338. The van der Waals surface area contributed by atoms with Crippen molar-refractivity contribution < 1.29 is 16.8 Å². The fourth-order valence-corrected chi connectivity index (χ4v) is 2.33. The van der Waals surface area contributed by atoms with Crippen LogP contribution in [-0.4, -0.2) is 30.1 Å². The number of hydrogen-bond acceptors (Lipinski definition) is 4. The molecule has 0 heterocycles. The lowest BCUT2D eigenvalue weighted by Crippen LogP contribution is -2.18. The van der Waals surface area contributed by atoms with Crippen LogP contribution in [0.25, 0.3) is 0 Å². The first kappa shape index (κ1) is 12.9. The monoisotopic (exact) mass is 264 g/mol. The van der Waals surface area contributed by atoms with Crippen molar-refractivity contribution in [3.63, 3.8) is 0 Å². The molecule has 0 aliphatic carbocycles. The van der Waals surface area contributed by atoms with Gasteiger partial charge in [-0.05, 0) is 31.3 Å². The highest BCUT2D eigenvalue weighted by Crippen LogP contribution is 2.14. The standard InChI is InChI=1S/C8H12N2O4S2/c1-9-16(13,14)8-5-3-7(4-6-8)10-15(2,11)12/h3-6,9-10H,1-2H3. The summed E-state index contributed by atoms with van der Waals surface area (Å²) < 4.78 is 48.9. The highest BCUT2D eigenvalue weighted by molar-refractivity contribution is 7.92. The van der Waals surface area contributed by atoms with Crippen molar-refractivity contribution in [1.82, 2.24) is 4.72 Å². The second-order valence-electron chi connectivity index (χ2n) is 3.11. The van der Waals surface area contributed by atoms with E-state index in [0.717, 1.165) is 6.26 Å². The van der Waals surface area contributed by atoms with E-state index in [-0.39, 0.29) is 4.90 Å². The second kappa shape index (κ2) is 4.40. The quantitative estimate of drug-likeness (QED) is 0.798. The molecule has 0 amide bonds. The van der Waals surface area contributed by atoms with Crippen LogP contribution in [0.15, 0.2) is 29.2 Å². The minimum atomic E-state index is -3.49. The maximum Gasteiger partial charge on any atom is 0.240 e. The van der Waals surface area contributed by atoms with Crippen LogP contribution in [0.3, 0.4) is 0 Å². The molecule has 1 aromatic carbocycles. The van der Waals surface area contributed by atoms with Gasteiger partial charge in [-0.2, -0.15) is 0 Å². The zero-order chi connectivity index (χ0) is 12.4. The van der Waals surface area contributed by atoms with Gasteiger partial charge in [-0.1, -0.05) is 0 Å². The van der Waals surface area contributed by atoms with Crippen LogP contribution in [0.4, 0.5) is 5.69 Å². The summed E-state index contributed by atoms with van der Waals surface area (Å²) in [4.78, 5) is 0.0778. The minimum Gasteiger partial charge on any atom is -0.284 e. The molecule has 0 aliphatic rings. The zero-order valence-electron chi connectivity index (χ0n) is 8.76. The molecular formula is C8H12N2O4S2. The molecule has 16 heavy (non-hydrogen) atoms. The van der Waals surface area contributed by atoms with Crippen molar-refractivity contribution in [3.8, 4) is 0 Å². The van der Waals surface area contributed by atoms with Gasteiger partial charge in [-0.3, -0.25) is 4.72 Å². The Hall–Kier alpha value is -1.12. The number of hydrogen-bond donors (Lipinski definition) is 2. The fourth-order valence-electron chi connectivity index (χ4n) is 1.03. The van der Waals surface area contributed by atoms with E-state index >= 15 is 0 Å². The van der Waals surface area contributed by atoms with Crippen LogP contribution < -0.4 is 9.44 Å². The second-order valence-corrected chi connectivity index (χ2v) is 6.74. The van der Waals surface area contributed by atoms with Gasteiger partial charge >= 0.3 is 0 Å². The Morgan fingerprint density at radius 2 is 1.50 bits per heavy atom. The lowest BCUT2D eigenvalue weighted by Gasteiger charge is -2.05. The topological polar surface area (TPSA) is 92.3 Å². The minimum absolute atomic E-state index is 0.0778. The summed E-state index contributed by atoms with van der Waals surface area (Å²) in [6, 6.07) is 5.40. The third-order valence-corrected chi connectivity index (χ3v) is 3.77. The maximum atomic E-state index is 11.3. The van der Waals surface area contributed by atoms with E-state index in [0.29, 0.717) is 5.69 Å². The lowest BCUT2D eigenvalue weighted by atomic mass is 10.3. The number of nitrogens with one attached hydrogen (secondary N) is 2. The van der Waals surface area contributed by atoms with Crippen molar-refractivity contribution in [3.05, 3.63) is 24.3 Å². The molecule has 0 unspecified atom stereocenters. The molecule has 0 saturated heterocycles. The van der Waals surface area contributed by atoms with E-state index < -0.39 is 20.0 Å². The number of anilines is 1. The van der Waals surface area contributed by atoms with Crippen molar-refractivity contribution in [1.29, 1.82) is 0 Å². The van der Waals surface area contributed by atoms with Crippen LogP contribution in [-0.2, 0) is 20.0 Å². The normalized spacial score (nSPS) is 12.4. The molecule has 0 saturated carbocycles. The molecule has 0 aliphatic heterocycles. The van der Waals surface area contributed by atoms with Gasteiger partial charge < -0.3 is 0 Å². The molecule has 2 N–H and O–H groups in total. The number of sulfonamides is 2. The van der Waals surface area contributed by atoms with Crippen molar-refractivity contribution in [2.45, 2.75) is 4.90 Å². The molecule has 0 atom stereocenters. The van der Waals surface area contributed by atoms with E-state index in [1.165, 1.54) is 31.3 Å². The van der Waals surface area contributed by atoms with E-state index in [4.69, 9.17) is 0 Å². The van der Waals surface area contributed by atoms with Gasteiger partial charge in [0.1, 0.15) is 0 Å². The number of benzene rings is 1. The first-order valence-electron chi connectivity index (χ1n) is 4.26. The van der Waals surface area contributed by atoms with Crippen molar-refractivity contribution >= 4 is 25.7 Å². The Kier molecular flexibility index (Phi) is 3.56. The van der Waals surface area contributed by atoms with Gasteiger partial charge in [0.25, 0.3) is 0 Å². The summed E-state index contributed by atoms with van der Waals surface area (Å²) in [5.74, 6) is 0. The van der Waals surface area contributed by atoms with Crippen LogP contribution >= 0.6 is 0 Å². The molecule has 0 fully saturated rings. The highest BCUT2D eigenvalue weighted by Gasteiger charge is 2.10. The van der Waals surface area contributed by atoms with Crippen LogP contribution in [0.1, 0.15) is 0 Å². The van der Waals surface area contributed by atoms with Gasteiger partial charge in [-0.15, -0.1) is 0 Å². The summed E-state index contributed by atoms with van der Waals surface area (Å²) in [5.41, 5.74) is 0.317. The molecule has 1 aromatic rings. The average molecular weight is 264 g/mol. The first-order valence-corrected chi connectivity index (χ1v) is 7.63. The highest BCUT2D eigenvalue weighted by atomic mass is 32.2. The summed E-state index contributed by atoms with van der Waals surface area (Å²) in [7, 11) is -5.53. The Morgan fingerprint density at radius 1 is 1.00 bits per heavy atom. The molecular weight excluding hydrogens is 252 g/mol. The molecule has 0 aromatic heterocycles. The van der Waals surface area contributed by atoms with Crippen molar-refractivity contribution in [2.24, 2.45) is 0 Å². The molecule has 0 spiro atoms. The lowest BCUT2D eigenvalue weighted by molar-refractivity contribution is 0.588. The maximum absolute atomic E-state index is 11.3. The Balaban J connectivity index is 3.01. The number of rotatable bonds is 4. The Labute approximate surface area is 94.8 Å².